The number of carbonyl (C=O) groups excluding carboxylic acids is 2. The molecule has 5 aromatic carbocycles. The summed E-state index contributed by atoms with van der Waals surface area (Å²) in [4.78, 5) is 36.1. The zero-order valence-electron chi connectivity index (χ0n) is 38.5. The Balaban J connectivity index is 0.949. The van der Waals surface area contributed by atoms with Gasteiger partial charge < -0.3 is 29.7 Å². The van der Waals surface area contributed by atoms with Gasteiger partial charge in [-0.3, -0.25) is 19.2 Å². The van der Waals surface area contributed by atoms with Crippen LogP contribution in [-0.4, -0.2) is 85.1 Å². The first-order valence-electron chi connectivity index (χ1n) is 23.4. The highest BCUT2D eigenvalue weighted by molar-refractivity contribution is 6.91. The topological polar surface area (TPSA) is 125 Å². The summed E-state index contributed by atoms with van der Waals surface area (Å²) in [5.74, 6) is 0.287. The number of nitrogens with one attached hydrogen (secondary N) is 1. The van der Waals surface area contributed by atoms with Gasteiger partial charge in [0.05, 0.1) is 58.4 Å². The van der Waals surface area contributed by atoms with E-state index >= 15 is 4.79 Å². The van der Waals surface area contributed by atoms with E-state index in [1.807, 2.05) is 124 Å². The molecule has 5 heterocycles. The van der Waals surface area contributed by atoms with Gasteiger partial charge in [-0.25, -0.2) is 0 Å². The average Bonchev–Trinajstić information content (AvgIpc) is 4.08. The van der Waals surface area contributed by atoms with Gasteiger partial charge in [-0.2, -0.15) is 0 Å². The van der Waals surface area contributed by atoms with Crippen molar-refractivity contribution >= 4 is 53.7 Å². The van der Waals surface area contributed by atoms with Gasteiger partial charge in [-0.15, -0.1) is 5.10 Å². The van der Waals surface area contributed by atoms with Crippen molar-refractivity contribution in [2.45, 2.75) is 81.1 Å². The number of aliphatic hydroxyl groups is 1. The highest BCUT2D eigenvalue weighted by Crippen LogP contribution is 2.60. The van der Waals surface area contributed by atoms with Crippen LogP contribution in [0.2, 0.25) is 23.7 Å². The number of para-hydroxylation sites is 1. The number of methoxy groups -OCH3 is 1. The molecule has 4 aliphatic rings. The van der Waals surface area contributed by atoms with Crippen molar-refractivity contribution in [3.05, 3.63) is 161 Å². The minimum absolute atomic E-state index is 0.00472. The Bertz CT molecular complexity index is 2730. The number of aromatic nitrogens is 3. The summed E-state index contributed by atoms with van der Waals surface area (Å²) in [5, 5.41) is 24.6. The van der Waals surface area contributed by atoms with E-state index in [1.165, 1.54) is 5.19 Å². The zero-order valence-corrected chi connectivity index (χ0v) is 40.3. The van der Waals surface area contributed by atoms with Crippen LogP contribution in [0.5, 0.6) is 5.75 Å². The van der Waals surface area contributed by atoms with Crippen LogP contribution < -0.4 is 29.9 Å². The maximum Gasteiger partial charge on any atom is 0.264 e. The first-order valence-corrected chi connectivity index (χ1v) is 26.9. The van der Waals surface area contributed by atoms with E-state index in [2.05, 4.69) is 64.8 Å². The largest absolute Gasteiger partial charge is 0.497 e. The highest BCUT2D eigenvalue weighted by Gasteiger charge is 2.66. The molecule has 5 atom stereocenters. The Kier molecular flexibility index (Phi) is 12.1. The van der Waals surface area contributed by atoms with Crippen LogP contribution >= 0.6 is 11.6 Å². The number of amides is 2. The Labute approximate surface area is 398 Å². The lowest BCUT2D eigenvalue weighted by Gasteiger charge is -2.39. The summed E-state index contributed by atoms with van der Waals surface area (Å²) in [6.45, 7) is 9.70. The number of carbonyl (C=O) groups is 2. The second kappa shape index (κ2) is 18.0. The van der Waals surface area contributed by atoms with E-state index < -0.39 is 19.2 Å². The molecule has 12 nitrogen and oxygen atoms in total. The molecule has 4 aliphatic heterocycles. The zero-order chi connectivity index (χ0) is 46.5. The van der Waals surface area contributed by atoms with Crippen LogP contribution in [0.1, 0.15) is 54.5 Å². The van der Waals surface area contributed by atoms with Gasteiger partial charge in [-0.1, -0.05) is 115 Å². The van der Waals surface area contributed by atoms with Crippen molar-refractivity contribution < 1.29 is 24.2 Å². The maximum absolute atomic E-state index is 15.6. The van der Waals surface area contributed by atoms with E-state index in [1.54, 1.807) is 7.11 Å². The van der Waals surface area contributed by atoms with Gasteiger partial charge in [0.1, 0.15) is 11.3 Å². The minimum Gasteiger partial charge on any atom is -0.497 e. The lowest BCUT2D eigenvalue weighted by atomic mass is 9.82. The molecule has 3 fully saturated rings. The number of benzene rings is 5. The molecular formula is C53H58ClN7O5Si. The Morgan fingerprint density at radius 2 is 1.60 bits per heavy atom. The molecule has 6 aromatic rings. The average molecular weight is 937 g/mol. The quantitative estimate of drug-likeness (QED) is 0.112. The van der Waals surface area contributed by atoms with Gasteiger partial charge in [0.2, 0.25) is 0 Å². The summed E-state index contributed by atoms with van der Waals surface area (Å²) in [6, 6.07) is 42.3. The van der Waals surface area contributed by atoms with Crippen LogP contribution in [0.3, 0.4) is 0 Å². The molecule has 346 valence electrons. The lowest BCUT2D eigenvalue weighted by molar-refractivity contribution is -0.146. The number of aliphatic hydroxyl groups excluding tert-OH is 1. The summed E-state index contributed by atoms with van der Waals surface area (Å²) >= 11 is 6.83. The van der Waals surface area contributed by atoms with Gasteiger partial charge in [0.25, 0.3) is 11.8 Å². The third-order valence-corrected chi connectivity index (χ3v) is 19.9. The third kappa shape index (κ3) is 7.74. The van der Waals surface area contributed by atoms with E-state index in [4.69, 9.17) is 21.1 Å². The Morgan fingerprint density at radius 1 is 0.896 bits per heavy atom. The summed E-state index contributed by atoms with van der Waals surface area (Å²) < 4.78 is 14.8. The number of halogens is 1. The fourth-order valence-corrected chi connectivity index (χ4v) is 16.0. The molecule has 1 unspecified atom stereocenters. The van der Waals surface area contributed by atoms with E-state index in [0.717, 1.165) is 65.4 Å². The Hall–Kier alpha value is -5.83. The molecule has 67 heavy (non-hydrogen) atoms. The molecule has 3 saturated heterocycles. The number of fused-ring (bicyclic) bond motifs is 2. The Morgan fingerprint density at radius 3 is 2.28 bits per heavy atom. The summed E-state index contributed by atoms with van der Waals surface area (Å²) in [5.41, 5.74) is 4.16. The van der Waals surface area contributed by atoms with Crippen molar-refractivity contribution in [1.82, 2.24) is 20.3 Å². The number of rotatable bonds is 13. The van der Waals surface area contributed by atoms with Gasteiger partial charge in [-0.05, 0) is 104 Å². The fraction of sp³-hybridized carbons (Fsp3) is 0.358. The second-order valence-electron chi connectivity index (χ2n) is 19.1. The van der Waals surface area contributed by atoms with Gasteiger partial charge in [0.15, 0.2) is 5.60 Å². The first-order chi connectivity index (χ1) is 32.5. The third-order valence-electron chi connectivity index (χ3n) is 15.3. The molecule has 2 spiro atoms. The molecular weight excluding hydrogens is 878 g/mol. The van der Waals surface area contributed by atoms with Crippen LogP contribution in [0, 0.1) is 5.92 Å². The number of aryl methyl sites for hydroxylation is 1. The minimum atomic E-state index is -2.43. The predicted octanol–water partition coefficient (Wildman–Crippen LogP) is 7.85. The van der Waals surface area contributed by atoms with Crippen molar-refractivity contribution in [2.75, 3.05) is 48.2 Å². The molecule has 1 aromatic heterocycles. The molecule has 0 bridgehead atoms. The van der Waals surface area contributed by atoms with Crippen LogP contribution in [-0.2, 0) is 33.0 Å². The van der Waals surface area contributed by atoms with Gasteiger partial charge in [0, 0.05) is 40.6 Å². The van der Waals surface area contributed by atoms with Crippen molar-refractivity contribution in [1.29, 1.82) is 0 Å². The number of piperidine rings is 1. The summed E-state index contributed by atoms with van der Waals surface area (Å²) in [7, 11) is -0.756. The first kappa shape index (κ1) is 45.0. The SMILES string of the molecule is COc1ccc([Si](C)(C)[C@@H]2[C@@H](CCn3cc(C(CO)c4ccccc4)nn3)O[C@]3(C(=O)N(Cc4ccc(N5CN(c6ccccc6)C6(CCNCC6)C5=O)cc4)c4ccc(Cl)cc43)[C@H]2C)cc1. The molecule has 0 saturated carbocycles. The van der Waals surface area contributed by atoms with Crippen molar-refractivity contribution in [3.8, 4) is 5.75 Å². The predicted molar refractivity (Wildman–Crippen MR) is 265 cm³/mol. The number of hydrogen-bond acceptors (Lipinski definition) is 9. The van der Waals surface area contributed by atoms with E-state index in [-0.39, 0.29) is 41.9 Å². The van der Waals surface area contributed by atoms with Crippen LogP contribution in [0.25, 0.3) is 0 Å². The van der Waals surface area contributed by atoms with E-state index in [0.29, 0.717) is 36.9 Å². The fourth-order valence-electron chi connectivity index (χ4n) is 11.7. The number of nitrogens with zero attached hydrogens (tertiary/aromatic N) is 6. The highest BCUT2D eigenvalue weighted by atomic mass is 35.5. The monoisotopic (exact) mass is 935 g/mol. The number of ether oxygens (including phenoxy) is 2. The van der Waals surface area contributed by atoms with Crippen LogP contribution in [0.15, 0.2) is 134 Å². The number of anilines is 3. The molecule has 2 N–H and O–H groups in total. The molecule has 2 amide bonds. The lowest BCUT2D eigenvalue weighted by Crippen LogP contribution is -2.55. The van der Waals surface area contributed by atoms with Crippen LogP contribution in [0.4, 0.5) is 17.1 Å². The molecule has 10 rings (SSSR count). The molecule has 0 aliphatic carbocycles. The molecule has 0 radical (unpaired) electrons. The van der Waals surface area contributed by atoms with E-state index in [9.17, 15) is 9.90 Å². The normalized spacial score (nSPS) is 22.8. The number of hydrogen-bond donors (Lipinski definition) is 2. The standard InChI is InChI=1S/C53H58ClN7O5Si/c1-36-49(67(3,4)43-22-20-42(65-2)21-23-43)48(25-30-58-33-46(56-57-58)44(34-62)38-11-7-5-8-12-38)66-53(36)45-31-39(54)17-24-47(45)59(51(53)64)32-37-15-18-40(19-16-37)60-35-61(41-13-9-6-10-14-41)52(50(60)63)26-28-55-29-27-52/h5-24,31,33,36,44,48-49,55,62H,25-30,32,34-35H2,1-4H3/t36-,44?,48+,49-,53+/m0/s1. The maximum atomic E-state index is 15.6. The smallest absolute Gasteiger partial charge is 0.264 e. The summed E-state index contributed by atoms with van der Waals surface area (Å²) in [6.07, 6.45) is 3.65. The molecule has 14 heteroatoms. The van der Waals surface area contributed by atoms with Crippen molar-refractivity contribution in [2.24, 2.45) is 5.92 Å². The second-order valence-corrected chi connectivity index (χ2v) is 24.3. The van der Waals surface area contributed by atoms with Crippen molar-refractivity contribution in [3.63, 3.8) is 0 Å². The van der Waals surface area contributed by atoms with Gasteiger partial charge >= 0.3 is 0 Å².